The first-order valence-electron chi connectivity index (χ1n) is 6.10. The molecule has 1 aromatic carbocycles. The fraction of sp³-hybridized carbons (Fsp3) is 0.357. The topological polar surface area (TPSA) is 43.8 Å². The third kappa shape index (κ3) is 2.05. The summed E-state index contributed by atoms with van der Waals surface area (Å²) < 4.78 is 1.97. The highest BCUT2D eigenvalue weighted by atomic mass is 15.3. The molecule has 0 bridgehead atoms. The van der Waals surface area contributed by atoms with E-state index >= 15 is 0 Å². The number of aromatic nitrogens is 2. The zero-order valence-corrected chi connectivity index (χ0v) is 10.7. The molecule has 2 aromatic rings. The normalized spacial score (nSPS) is 10.8. The lowest BCUT2D eigenvalue weighted by Gasteiger charge is -2.06. The van der Waals surface area contributed by atoms with Gasteiger partial charge in [-0.15, -0.1) is 0 Å². The van der Waals surface area contributed by atoms with E-state index in [1.54, 1.807) is 0 Å². The van der Waals surface area contributed by atoms with Crippen molar-refractivity contribution in [1.29, 1.82) is 0 Å². The van der Waals surface area contributed by atoms with Gasteiger partial charge in [0.1, 0.15) is 0 Å². The molecule has 0 aliphatic heterocycles. The Morgan fingerprint density at radius 1 is 1.24 bits per heavy atom. The fourth-order valence-electron chi connectivity index (χ4n) is 2.09. The molecular weight excluding hydrogens is 210 g/mol. The minimum Gasteiger partial charge on any atom is -0.396 e. The van der Waals surface area contributed by atoms with Gasteiger partial charge in [-0.1, -0.05) is 26.0 Å². The first-order chi connectivity index (χ1) is 8.17. The van der Waals surface area contributed by atoms with Gasteiger partial charge in [-0.3, -0.25) is 0 Å². The largest absolute Gasteiger partial charge is 0.396 e. The highest BCUT2D eigenvalue weighted by molar-refractivity contribution is 5.52. The van der Waals surface area contributed by atoms with Crippen LogP contribution in [0.3, 0.4) is 0 Å². The van der Waals surface area contributed by atoms with Gasteiger partial charge in [0, 0.05) is 0 Å². The summed E-state index contributed by atoms with van der Waals surface area (Å²) in [7, 11) is 0. The van der Waals surface area contributed by atoms with Crippen molar-refractivity contribution in [2.75, 3.05) is 5.73 Å². The molecule has 0 spiro atoms. The van der Waals surface area contributed by atoms with Crippen LogP contribution < -0.4 is 5.73 Å². The van der Waals surface area contributed by atoms with E-state index in [1.807, 2.05) is 10.7 Å². The minimum atomic E-state index is 0.844. The average molecular weight is 229 g/mol. The Labute approximate surface area is 102 Å². The monoisotopic (exact) mass is 229 g/mol. The number of hydrogen-bond donors (Lipinski definition) is 1. The Morgan fingerprint density at radius 2 is 2.00 bits per heavy atom. The maximum absolute atomic E-state index is 6.12. The van der Waals surface area contributed by atoms with Crippen LogP contribution in [0.25, 0.3) is 5.69 Å². The molecule has 3 heteroatoms. The van der Waals surface area contributed by atoms with E-state index in [0.29, 0.717) is 0 Å². The molecule has 90 valence electrons. The molecule has 1 heterocycles. The maximum Gasteiger partial charge on any atom is 0.0858 e. The van der Waals surface area contributed by atoms with Crippen LogP contribution in [0.15, 0.2) is 24.3 Å². The highest BCUT2D eigenvalue weighted by Crippen LogP contribution is 2.22. The lowest BCUT2D eigenvalue weighted by atomic mass is 10.2. The summed E-state index contributed by atoms with van der Waals surface area (Å²) in [6.45, 7) is 6.28. The standard InChI is InChI=1S/C14H19N3/c1-4-12-14(15)13(5-2)17(16-12)11-8-6-7-10(3)9-11/h6-9H,4-5,15H2,1-3H3. The Hall–Kier alpha value is -1.77. The number of nitrogens with two attached hydrogens (primary N) is 1. The number of aryl methyl sites for hydroxylation is 2. The van der Waals surface area contributed by atoms with E-state index in [4.69, 9.17) is 5.73 Å². The number of nitrogen functional groups attached to an aromatic ring is 1. The Bertz CT molecular complexity index is 526. The second-order valence-corrected chi connectivity index (χ2v) is 4.26. The van der Waals surface area contributed by atoms with Gasteiger partial charge in [-0.05, 0) is 37.5 Å². The van der Waals surface area contributed by atoms with Gasteiger partial charge in [0.05, 0.1) is 22.8 Å². The van der Waals surface area contributed by atoms with Crippen LogP contribution in [0.5, 0.6) is 0 Å². The summed E-state index contributed by atoms with van der Waals surface area (Å²) in [4.78, 5) is 0. The van der Waals surface area contributed by atoms with Crippen molar-refractivity contribution in [2.24, 2.45) is 0 Å². The Balaban J connectivity index is 2.58. The smallest absolute Gasteiger partial charge is 0.0858 e. The van der Waals surface area contributed by atoms with Crippen molar-refractivity contribution in [3.8, 4) is 5.69 Å². The molecule has 0 unspecified atom stereocenters. The molecule has 1 aromatic heterocycles. The van der Waals surface area contributed by atoms with Gasteiger partial charge in [0.25, 0.3) is 0 Å². The van der Waals surface area contributed by atoms with Crippen LogP contribution in [-0.4, -0.2) is 9.78 Å². The summed E-state index contributed by atoms with van der Waals surface area (Å²) in [5.74, 6) is 0. The van der Waals surface area contributed by atoms with Crippen LogP contribution in [0.4, 0.5) is 5.69 Å². The van der Waals surface area contributed by atoms with Gasteiger partial charge in [-0.25, -0.2) is 4.68 Å². The zero-order valence-electron chi connectivity index (χ0n) is 10.7. The van der Waals surface area contributed by atoms with Gasteiger partial charge in [-0.2, -0.15) is 5.10 Å². The Kier molecular flexibility index (Phi) is 3.18. The molecule has 3 nitrogen and oxygen atoms in total. The predicted molar refractivity (Wildman–Crippen MR) is 71.5 cm³/mol. The van der Waals surface area contributed by atoms with E-state index in [0.717, 1.165) is 35.6 Å². The molecule has 0 aliphatic rings. The van der Waals surface area contributed by atoms with Gasteiger partial charge in [0.15, 0.2) is 0 Å². The Morgan fingerprint density at radius 3 is 2.59 bits per heavy atom. The van der Waals surface area contributed by atoms with Crippen molar-refractivity contribution in [2.45, 2.75) is 33.6 Å². The number of nitrogens with zero attached hydrogens (tertiary/aromatic N) is 2. The quantitative estimate of drug-likeness (QED) is 0.879. The highest BCUT2D eigenvalue weighted by Gasteiger charge is 2.13. The molecule has 2 N–H and O–H groups in total. The van der Waals surface area contributed by atoms with Crippen molar-refractivity contribution in [3.63, 3.8) is 0 Å². The van der Waals surface area contributed by atoms with E-state index in [-0.39, 0.29) is 0 Å². The molecule has 0 atom stereocenters. The third-order valence-electron chi connectivity index (χ3n) is 3.01. The molecule has 17 heavy (non-hydrogen) atoms. The fourth-order valence-corrected chi connectivity index (χ4v) is 2.09. The summed E-state index contributed by atoms with van der Waals surface area (Å²) in [5.41, 5.74) is 11.4. The van der Waals surface area contributed by atoms with Crippen LogP contribution in [0.1, 0.15) is 30.8 Å². The second kappa shape index (κ2) is 4.62. The lowest BCUT2D eigenvalue weighted by molar-refractivity contribution is 0.793. The van der Waals surface area contributed by atoms with Gasteiger partial charge in [0.2, 0.25) is 0 Å². The summed E-state index contributed by atoms with van der Waals surface area (Å²) in [6.07, 6.45) is 1.77. The number of rotatable bonds is 3. The zero-order chi connectivity index (χ0) is 12.4. The van der Waals surface area contributed by atoms with Crippen molar-refractivity contribution < 1.29 is 0 Å². The van der Waals surface area contributed by atoms with Crippen LogP contribution in [0.2, 0.25) is 0 Å². The van der Waals surface area contributed by atoms with E-state index in [2.05, 4.69) is 44.1 Å². The third-order valence-corrected chi connectivity index (χ3v) is 3.01. The van der Waals surface area contributed by atoms with Crippen LogP contribution in [-0.2, 0) is 12.8 Å². The molecule has 2 rings (SSSR count). The SMILES string of the molecule is CCc1nn(-c2cccc(C)c2)c(CC)c1N. The average Bonchev–Trinajstić information content (AvgIpc) is 2.65. The van der Waals surface area contributed by atoms with E-state index in [9.17, 15) is 0 Å². The van der Waals surface area contributed by atoms with Gasteiger partial charge < -0.3 is 5.73 Å². The summed E-state index contributed by atoms with van der Waals surface area (Å²) in [6, 6.07) is 8.33. The molecule has 0 fully saturated rings. The molecule has 0 saturated carbocycles. The summed E-state index contributed by atoms with van der Waals surface area (Å²) in [5, 5.41) is 4.60. The van der Waals surface area contributed by atoms with Crippen molar-refractivity contribution in [3.05, 3.63) is 41.2 Å². The first kappa shape index (κ1) is 11.7. The van der Waals surface area contributed by atoms with Crippen molar-refractivity contribution >= 4 is 5.69 Å². The van der Waals surface area contributed by atoms with E-state index in [1.165, 1.54) is 5.56 Å². The predicted octanol–water partition coefficient (Wildman–Crippen LogP) is 2.89. The molecule has 0 amide bonds. The van der Waals surface area contributed by atoms with Crippen LogP contribution in [0, 0.1) is 6.92 Å². The summed E-state index contributed by atoms with van der Waals surface area (Å²) >= 11 is 0. The second-order valence-electron chi connectivity index (χ2n) is 4.26. The van der Waals surface area contributed by atoms with Crippen LogP contribution >= 0.6 is 0 Å². The number of anilines is 1. The number of benzene rings is 1. The number of hydrogen-bond acceptors (Lipinski definition) is 2. The van der Waals surface area contributed by atoms with Gasteiger partial charge >= 0.3 is 0 Å². The van der Waals surface area contributed by atoms with Crippen molar-refractivity contribution in [1.82, 2.24) is 9.78 Å². The lowest BCUT2D eigenvalue weighted by Crippen LogP contribution is -2.02. The molecule has 0 aliphatic carbocycles. The molecule has 0 radical (unpaired) electrons. The molecular formula is C14H19N3. The molecule has 0 saturated heterocycles. The van der Waals surface area contributed by atoms with E-state index < -0.39 is 0 Å². The minimum absolute atomic E-state index is 0.844. The first-order valence-corrected chi connectivity index (χ1v) is 6.10. The maximum atomic E-state index is 6.12.